The van der Waals surface area contributed by atoms with Gasteiger partial charge in [0.25, 0.3) is 0 Å². The number of carbonyl (C=O) groups excluding carboxylic acids is 2. The molecule has 1 aliphatic rings. The Morgan fingerprint density at radius 2 is 1.96 bits per heavy atom. The SMILES string of the molecule is Cc1cc(C)nc(CN(C)C(=O)CN2CCC(C(N)=O)CC2)c1. The van der Waals surface area contributed by atoms with Crippen LogP contribution in [0.1, 0.15) is 29.8 Å². The lowest BCUT2D eigenvalue weighted by Crippen LogP contribution is -2.44. The topological polar surface area (TPSA) is 79.5 Å². The van der Waals surface area contributed by atoms with Crippen molar-refractivity contribution in [2.75, 3.05) is 26.7 Å². The molecule has 2 amide bonds. The Balaban J connectivity index is 1.84. The van der Waals surface area contributed by atoms with Crippen LogP contribution in [0.4, 0.5) is 0 Å². The molecule has 1 aliphatic heterocycles. The fraction of sp³-hybridized carbons (Fsp3) is 0.588. The van der Waals surface area contributed by atoms with Crippen LogP contribution in [0.15, 0.2) is 12.1 Å². The van der Waals surface area contributed by atoms with Gasteiger partial charge in [-0.05, 0) is 57.5 Å². The van der Waals surface area contributed by atoms with E-state index >= 15 is 0 Å². The van der Waals surface area contributed by atoms with E-state index in [1.165, 1.54) is 0 Å². The first-order valence-corrected chi connectivity index (χ1v) is 8.05. The van der Waals surface area contributed by atoms with Crippen LogP contribution in [0.5, 0.6) is 0 Å². The summed E-state index contributed by atoms with van der Waals surface area (Å²) in [5.41, 5.74) is 8.36. The van der Waals surface area contributed by atoms with Gasteiger partial charge in [-0.3, -0.25) is 19.5 Å². The zero-order valence-corrected chi connectivity index (χ0v) is 14.2. The predicted octanol–water partition coefficient (Wildman–Crippen LogP) is 0.854. The molecular weight excluding hydrogens is 292 g/mol. The van der Waals surface area contributed by atoms with Gasteiger partial charge in [-0.25, -0.2) is 0 Å². The number of carbonyl (C=O) groups is 2. The van der Waals surface area contributed by atoms with Gasteiger partial charge in [0.05, 0.1) is 18.8 Å². The van der Waals surface area contributed by atoms with Crippen LogP contribution < -0.4 is 5.73 Å². The zero-order valence-electron chi connectivity index (χ0n) is 14.2. The molecule has 0 spiro atoms. The van der Waals surface area contributed by atoms with E-state index in [2.05, 4.69) is 9.88 Å². The summed E-state index contributed by atoms with van der Waals surface area (Å²) in [7, 11) is 1.80. The molecule has 2 rings (SSSR count). The van der Waals surface area contributed by atoms with E-state index in [1.54, 1.807) is 11.9 Å². The van der Waals surface area contributed by atoms with E-state index in [4.69, 9.17) is 5.73 Å². The van der Waals surface area contributed by atoms with Crippen molar-refractivity contribution in [1.29, 1.82) is 0 Å². The molecule has 6 heteroatoms. The van der Waals surface area contributed by atoms with Crippen molar-refractivity contribution in [3.8, 4) is 0 Å². The standard InChI is InChI=1S/C17H26N4O2/c1-12-8-13(2)19-15(9-12)10-20(3)16(22)11-21-6-4-14(5-7-21)17(18)23/h8-9,14H,4-7,10-11H2,1-3H3,(H2,18,23). The fourth-order valence-corrected chi connectivity index (χ4v) is 3.02. The number of nitrogens with two attached hydrogens (primary N) is 1. The molecule has 0 bridgehead atoms. The molecule has 1 aromatic rings. The van der Waals surface area contributed by atoms with E-state index in [0.29, 0.717) is 13.1 Å². The predicted molar refractivity (Wildman–Crippen MR) is 88.5 cm³/mol. The summed E-state index contributed by atoms with van der Waals surface area (Å²) in [5.74, 6) is -0.198. The highest BCUT2D eigenvalue weighted by molar-refractivity contribution is 5.78. The molecule has 126 valence electrons. The minimum Gasteiger partial charge on any atom is -0.369 e. The van der Waals surface area contributed by atoms with Gasteiger partial charge in [0.2, 0.25) is 11.8 Å². The zero-order chi connectivity index (χ0) is 17.0. The number of amides is 2. The highest BCUT2D eigenvalue weighted by atomic mass is 16.2. The fourth-order valence-electron chi connectivity index (χ4n) is 3.02. The van der Waals surface area contributed by atoms with Gasteiger partial charge in [0.1, 0.15) is 0 Å². The minimum absolute atomic E-state index is 0.0430. The number of rotatable bonds is 5. The molecule has 1 saturated heterocycles. The smallest absolute Gasteiger partial charge is 0.236 e. The van der Waals surface area contributed by atoms with Gasteiger partial charge < -0.3 is 10.6 Å². The molecule has 1 aromatic heterocycles. The summed E-state index contributed by atoms with van der Waals surface area (Å²) >= 11 is 0. The van der Waals surface area contributed by atoms with Crippen molar-refractivity contribution in [2.45, 2.75) is 33.2 Å². The lowest BCUT2D eigenvalue weighted by Gasteiger charge is -2.31. The molecule has 0 aliphatic carbocycles. The first kappa shape index (κ1) is 17.4. The maximum absolute atomic E-state index is 12.4. The third kappa shape index (κ3) is 5.03. The molecule has 1 fully saturated rings. The number of nitrogens with zero attached hydrogens (tertiary/aromatic N) is 3. The van der Waals surface area contributed by atoms with Crippen LogP contribution in [0.3, 0.4) is 0 Å². The Bertz CT molecular complexity index is 560. The number of aryl methyl sites for hydroxylation is 2. The van der Waals surface area contributed by atoms with Gasteiger partial charge >= 0.3 is 0 Å². The van der Waals surface area contributed by atoms with Crippen molar-refractivity contribution in [2.24, 2.45) is 11.7 Å². The molecule has 0 aromatic carbocycles. The maximum atomic E-state index is 12.4. The Morgan fingerprint density at radius 3 is 2.52 bits per heavy atom. The number of pyridine rings is 1. The monoisotopic (exact) mass is 318 g/mol. The van der Waals surface area contributed by atoms with E-state index in [0.717, 1.165) is 42.9 Å². The molecule has 0 atom stereocenters. The number of piperidine rings is 1. The van der Waals surface area contributed by atoms with E-state index < -0.39 is 0 Å². The highest BCUT2D eigenvalue weighted by Crippen LogP contribution is 2.16. The third-order valence-electron chi connectivity index (χ3n) is 4.32. The summed E-state index contributed by atoms with van der Waals surface area (Å²) < 4.78 is 0. The van der Waals surface area contributed by atoms with Gasteiger partial charge in [-0.15, -0.1) is 0 Å². The molecule has 0 unspecified atom stereocenters. The number of primary amides is 1. The second-order valence-electron chi connectivity index (χ2n) is 6.48. The first-order valence-electron chi connectivity index (χ1n) is 8.05. The van der Waals surface area contributed by atoms with Gasteiger partial charge in [-0.2, -0.15) is 0 Å². The third-order valence-corrected chi connectivity index (χ3v) is 4.32. The summed E-state index contributed by atoms with van der Waals surface area (Å²) in [6.07, 6.45) is 1.48. The second kappa shape index (κ2) is 7.55. The lowest BCUT2D eigenvalue weighted by molar-refractivity contribution is -0.132. The molecule has 6 nitrogen and oxygen atoms in total. The summed E-state index contributed by atoms with van der Waals surface area (Å²) in [6.45, 7) is 6.37. The quantitative estimate of drug-likeness (QED) is 0.873. The van der Waals surface area contributed by atoms with Crippen LogP contribution in [-0.4, -0.2) is 53.3 Å². The largest absolute Gasteiger partial charge is 0.369 e. The van der Waals surface area contributed by atoms with Crippen molar-refractivity contribution < 1.29 is 9.59 Å². The van der Waals surface area contributed by atoms with Crippen molar-refractivity contribution in [3.63, 3.8) is 0 Å². The van der Waals surface area contributed by atoms with Crippen LogP contribution in [0.25, 0.3) is 0 Å². The van der Waals surface area contributed by atoms with Crippen LogP contribution in [0, 0.1) is 19.8 Å². The van der Waals surface area contributed by atoms with Crippen molar-refractivity contribution >= 4 is 11.8 Å². The van der Waals surface area contributed by atoms with E-state index in [1.807, 2.05) is 26.0 Å². The highest BCUT2D eigenvalue weighted by Gasteiger charge is 2.25. The minimum atomic E-state index is -0.228. The van der Waals surface area contributed by atoms with Gasteiger partial charge in [0, 0.05) is 18.7 Å². The maximum Gasteiger partial charge on any atom is 0.236 e. The molecule has 2 N–H and O–H groups in total. The van der Waals surface area contributed by atoms with Crippen molar-refractivity contribution in [1.82, 2.24) is 14.8 Å². The van der Waals surface area contributed by atoms with Gasteiger partial charge in [0.15, 0.2) is 0 Å². The molecule has 2 heterocycles. The van der Waals surface area contributed by atoms with Crippen LogP contribution in [-0.2, 0) is 16.1 Å². The Morgan fingerprint density at radius 1 is 1.30 bits per heavy atom. The lowest BCUT2D eigenvalue weighted by atomic mass is 9.96. The van der Waals surface area contributed by atoms with Crippen LogP contribution >= 0.6 is 0 Å². The van der Waals surface area contributed by atoms with Gasteiger partial charge in [-0.1, -0.05) is 0 Å². The molecular formula is C17H26N4O2. The van der Waals surface area contributed by atoms with E-state index in [9.17, 15) is 9.59 Å². The average Bonchev–Trinajstić information content (AvgIpc) is 2.46. The number of likely N-dealkylation sites (N-methyl/N-ethyl adjacent to an activating group) is 1. The Labute approximate surface area is 137 Å². The molecule has 0 radical (unpaired) electrons. The number of hydrogen-bond acceptors (Lipinski definition) is 4. The van der Waals surface area contributed by atoms with Crippen LogP contribution in [0.2, 0.25) is 0 Å². The normalized spacial score (nSPS) is 16.3. The summed E-state index contributed by atoms with van der Waals surface area (Å²) in [5, 5.41) is 0. The molecule has 23 heavy (non-hydrogen) atoms. The number of hydrogen-bond donors (Lipinski definition) is 1. The molecule has 0 saturated carbocycles. The number of aromatic nitrogens is 1. The Hall–Kier alpha value is -1.95. The van der Waals surface area contributed by atoms with E-state index in [-0.39, 0.29) is 17.7 Å². The Kier molecular flexibility index (Phi) is 5.71. The second-order valence-corrected chi connectivity index (χ2v) is 6.48. The first-order chi connectivity index (χ1) is 10.8. The summed E-state index contributed by atoms with van der Waals surface area (Å²) in [6, 6.07) is 4.03. The number of likely N-dealkylation sites (tertiary alicyclic amines) is 1. The van der Waals surface area contributed by atoms with Crippen molar-refractivity contribution in [3.05, 3.63) is 29.1 Å². The summed E-state index contributed by atoms with van der Waals surface area (Å²) in [4.78, 5) is 31.8. The average molecular weight is 318 g/mol.